The van der Waals surface area contributed by atoms with Crippen LogP contribution in [0.5, 0.6) is 0 Å². The number of piperazine rings is 2. The van der Waals surface area contributed by atoms with Crippen molar-refractivity contribution in [3.05, 3.63) is 35.0 Å². The third-order valence-corrected chi connectivity index (χ3v) is 6.09. The molecule has 0 atom stereocenters. The van der Waals surface area contributed by atoms with E-state index in [9.17, 15) is 0 Å². The second kappa shape index (κ2) is 9.84. The van der Waals surface area contributed by atoms with Crippen LogP contribution in [0.3, 0.4) is 0 Å². The highest BCUT2D eigenvalue weighted by Gasteiger charge is 2.19. The van der Waals surface area contributed by atoms with E-state index in [0.29, 0.717) is 0 Å². The van der Waals surface area contributed by atoms with E-state index in [1.165, 1.54) is 0 Å². The summed E-state index contributed by atoms with van der Waals surface area (Å²) in [5.74, 6) is 1.90. The Morgan fingerprint density at radius 3 is 2.03 bits per heavy atom. The molecular weight excluding hydrogens is 368 g/mol. The summed E-state index contributed by atoms with van der Waals surface area (Å²) in [7, 11) is 2.18. The van der Waals surface area contributed by atoms with Crippen LogP contribution in [0.2, 0.25) is 0 Å². The number of aromatic nitrogens is 2. The van der Waals surface area contributed by atoms with Crippen molar-refractivity contribution in [2.45, 2.75) is 26.3 Å². The van der Waals surface area contributed by atoms with Crippen LogP contribution in [0.25, 0.3) is 0 Å². The zero-order valence-corrected chi connectivity index (χ0v) is 17.8. The van der Waals surface area contributed by atoms with Gasteiger partial charge in [0.15, 0.2) is 0 Å². The van der Waals surface area contributed by atoms with E-state index in [-0.39, 0.29) is 0 Å². The number of likely N-dealkylation sites (N-methyl/N-ethyl adjacent to an activating group) is 1. The predicted molar refractivity (Wildman–Crippen MR) is 111 cm³/mol. The van der Waals surface area contributed by atoms with Crippen LogP contribution in [0.4, 0.5) is 0 Å². The van der Waals surface area contributed by atoms with Gasteiger partial charge in [-0.1, -0.05) is 10.3 Å². The molecule has 2 fully saturated rings. The molecule has 4 rings (SSSR count). The van der Waals surface area contributed by atoms with Crippen molar-refractivity contribution in [1.29, 1.82) is 0 Å². The normalized spacial score (nSPS) is 20.5. The van der Waals surface area contributed by atoms with Crippen molar-refractivity contribution >= 4 is 0 Å². The summed E-state index contributed by atoms with van der Waals surface area (Å²) in [5.41, 5.74) is 2.13. The van der Waals surface area contributed by atoms with E-state index in [0.717, 1.165) is 108 Å². The predicted octanol–water partition coefficient (Wildman–Crippen LogP) is 1.12. The molecule has 0 aliphatic carbocycles. The molecule has 0 spiro atoms. The Morgan fingerprint density at radius 2 is 1.38 bits per heavy atom. The van der Waals surface area contributed by atoms with Gasteiger partial charge in [0.1, 0.15) is 11.5 Å². The van der Waals surface area contributed by atoms with Gasteiger partial charge in [0.25, 0.3) is 0 Å². The third kappa shape index (κ3) is 6.12. The maximum atomic E-state index is 5.59. The summed E-state index contributed by atoms with van der Waals surface area (Å²) in [6.45, 7) is 13.9. The minimum Gasteiger partial charge on any atom is -0.361 e. The summed E-state index contributed by atoms with van der Waals surface area (Å²) in [6.07, 6.45) is 1.90. The lowest BCUT2D eigenvalue weighted by atomic mass is 10.2. The molecule has 2 saturated heterocycles. The SMILES string of the molecule is Cc1cc(CCN2CCN(CCc3cc(CN4CCN(C)CC4)no3)CC2)no1. The van der Waals surface area contributed by atoms with Crippen LogP contribution in [0.1, 0.15) is 22.9 Å². The molecule has 0 bridgehead atoms. The van der Waals surface area contributed by atoms with Gasteiger partial charge in [-0.3, -0.25) is 4.90 Å². The zero-order chi connectivity index (χ0) is 20.1. The molecule has 160 valence electrons. The standard InChI is InChI=1S/C21H34N6O2/c1-18-15-19(22-28-18)3-5-25-11-13-26(14-12-25)6-4-21-16-20(23-29-21)17-27-9-7-24(2)8-10-27/h15-16H,3-14,17H2,1-2H3. The van der Waals surface area contributed by atoms with Crippen LogP contribution in [0.15, 0.2) is 21.2 Å². The molecular formula is C21H34N6O2. The van der Waals surface area contributed by atoms with E-state index in [1.54, 1.807) is 0 Å². The maximum Gasteiger partial charge on any atom is 0.138 e. The summed E-state index contributed by atoms with van der Waals surface area (Å²) < 4.78 is 10.7. The second-order valence-corrected chi connectivity index (χ2v) is 8.48. The largest absolute Gasteiger partial charge is 0.361 e. The van der Waals surface area contributed by atoms with Crippen LogP contribution in [0, 0.1) is 6.92 Å². The Hall–Kier alpha value is -1.74. The van der Waals surface area contributed by atoms with Crippen molar-refractivity contribution in [2.24, 2.45) is 0 Å². The molecule has 0 radical (unpaired) electrons. The van der Waals surface area contributed by atoms with Gasteiger partial charge in [0.2, 0.25) is 0 Å². The quantitative estimate of drug-likeness (QED) is 0.651. The van der Waals surface area contributed by atoms with Gasteiger partial charge < -0.3 is 23.7 Å². The summed E-state index contributed by atoms with van der Waals surface area (Å²) in [6, 6.07) is 4.18. The third-order valence-electron chi connectivity index (χ3n) is 6.09. The molecule has 2 aliphatic rings. The zero-order valence-electron chi connectivity index (χ0n) is 17.8. The molecule has 0 aromatic carbocycles. The van der Waals surface area contributed by atoms with Crippen molar-refractivity contribution in [2.75, 3.05) is 72.5 Å². The molecule has 2 aromatic heterocycles. The minimum atomic E-state index is 0.893. The van der Waals surface area contributed by atoms with E-state index < -0.39 is 0 Å². The number of hydrogen-bond acceptors (Lipinski definition) is 8. The van der Waals surface area contributed by atoms with Crippen LogP contribution in [-0.4, -0.2) is 102 Å². The first-order valence-electron chi connectivity index (χ1n) is 10.9. The Labute approximate surface area is 173 Å². The number of aryl methyl sites for hydroxylation is 1. The van der Waals surface area contributed by atoms with Gasteiger partial charge in [-0.15, -0.1) is 0 Å². The molecule has 0 N–H and O–H groups in total. The monoisotopic (exact) mass is 402 g/mol. The first-order valence-corrected chi connectivity index (χ1v) is 10.9. The van der Waals surface area contributed by atoms with Gasteiger partial charge in [-0.25, -0.2) is 0 Å². The van der Waals surface area contributed by atoms with E-state index in [2.05, 4.69) is 43.0 Å². The lowest BCUT2D eigenvalue weighted by molar-refractivity contribution is 0.132. The van der Waals surface area contributed by atoms with Gasteiger partial charge in [0.05, 0.1) is 11.4 Å². The summed E-state index contributed by atoms with van der Waals surface area (Å²) in [4.78, 5) is 9.88. The molecule has 8 heteroatoms. The first-order chi connectivity index (χ1) is 14.1. The Morgan fingerprint density at radius 1 is 0.759 bits per heavy atom. The average molecular weight is 403 g/mol. The summed E-state index contributed by atoms with van der Waals surface area (Å²) >= 11 is 0. The molecule has 8 nitrogen and oxygen atoms in total. The van der Waals surface area contributed by atoms with E-state index in [4.69, 9.17) is 9.05 Å². The molecule has 29 heavy (non-hydrogen) atoms. The van der Waals surface area contributed by atoms with Gasteiger partial charge in [-0.2, -0.15) is 0 Å². The van der Waals surface area contributed by atoms with Gasteiger partial charge in [-0.05, 0) is 14.0 Å². The molecule has 0 saturated carbocycles. The fourth-order valence-corrected chi connectivity index (χ4v) is 4.10. The van der Waals surface area contributed by atoms with Crippen LogP contribution in [-0.2, 0) is 19.4 Å². The number of rotatable bonds is 8. The maximum absolute atomic E-state index is 5.59. The van der Waals surface area contributed by atoms with Crippen LogP contribution >= 0.6 is 0 Å². The molecule has 2 aromatic rings. The van der Waals surface area contributed by atoms with Gasteiger partial charge in [0, 0.05) is 97.0 Å². The fourth-order valence-electron chi connectivity index (χ4n) is 4.10. The highest BCUT2D eigenvalue weighted by molar-refractivity contribution is 5.06. The van der Waals surface area contributed by atoms with Crippen molar-refractivity contribution in [3.8, 4) is 0 Å². The summed E-state index contributed by atoms with van der Waals surface area (Å²) in [5, 5.41) is 8.38. The fraction of sp³-hybridized carbons (Fsp3) is 0.714. The minimum absolute atomic E-state index is 0.893. The average Bonchev–Trinajstić information content (AvgIpc) is 3.36. The topological polar surface area (TPSA) is 65.0 Å². The number of hydrogen-bond donors (Lipinski definition) is 0. The smallest absolute Gasteiger partial charge is 0.138 e. The molecule has 4 heterocycles. The van der Waals surface area contributed by atoms with Crippen molar-refractivity contribution in [1.82, 2.24) is 29.9 Å². The molecule has 0 unspecified atom stereocenters. The molecule has 0 amide bonds. The Kier molecular flexibility index (Phi) is 6.97. The molecule has 2 aliphatic heterocycles. The Bertz CT molecular complexity index is 744. The first kappa shape index (κ1) is 20.5. The lowest BCUT2D eigenvalue weighted by Gasteiger charge is -2.34. The van der Waals surface area contributed by atoms with E-state index in [1.807, 2.05) is 13.0 Å². The lowest BCUT2D eigenvalue weighted by Crippen LogP contribution is -2.47. The highest BCUT2D eigenvalue weighted by Crippen LogP contribution is 2.11. The number of nitrogens with zero attached hydrogens (tertiary/aromatic N) is 6. The second-order valence-electron chi connectivity index (χ2n) is 8.48. The van der Waals surface area contributed by atoms with Crippen molar-refractivity contribution in [3.63, 3.8) is 0 Å². The van der Waals surface area contributed by atoms with E-state index >= 15 is 0 Å². The van der Waals surface area contributed by atoms with Gasteiger partial charge >= 0.3 is 0 Å². The highest BCUT2D eigenvalue weighted by atomic mass is 16.5. The van der Waals surface area contributed by atoms with Crippen LogP contribution < -0.4 is 0 Å². The van der Waals surface area contributed by atoms with Crippen molar-refractivity contribution < 1.29 is 9.05 Å². The Balaban J connectivity index is 1.13.